The Balaban J connectivity index is 1.41. The third-order valence-corrected chi connectivity index (χ3v) is 5.33. The van der Waals surface area contributed by atoms with Crippen LogP contribution in [-0.4, -0.2) is 62.2 Å². The van der Waals surface area contributed by atoms with E-state index in [1.165, 1.54) is 0 Å². The molecule has 2 aliphatic rings. The lowest BCUT2D eigenvalue weighted by Gasteiger charge is -2.35. The van der Waals surface area contributed by atoms with Crippen LogP contribution in [-0.2, 0) is 6.54 Å². The molecule has 2 heterocycles. The Bertz CT molecular complexity index is 865. The zero-order valence-electron chi connectivity index (χ0n) is 15.8. The zero-order valence-corrected chi connectivity index (χ0v) is 16.6. The van der Waals surface area contributed by atoms with Gasteiger partial charge in [-0.3, -0.25) is 9.69 Å². The third kappa shape index (κ3) is 3.88. The standard InChI is InChI=1S/C21H23ClN2O4/c1-26-18-6-5-16(22)13-15(18)14-23-7-9-24(10-8-23)21(25)17-3-2-4-19-20(17)28-12-11-27-19/h2-6,13H,7-12,14H2,1H3. The summed E-state index contributed by atoms with van der Waals surface area (Å²) in [5, 5.41) is 0.695. The number of para-hydroxylation sites is 1. The van der Waals surface area contributed by atoms with E-state index in [4.69, 9.17) is 25.8 Å². The van der Waals surface area contributed by atoms with Crippen molar-refractivity contribution < 1.29 is 19.0 Å². The minimum Gasteiger partial charge on any atom is -0.496 e. The highest BCUT2D eigenvalue weighted by Gasteiger charge is 2.27. The number of hydrogen-bond acceptors (Lipinski definition) is 5. The molecule has 0 aromatic heterocycles. The minimum absolute atomic E-state index is 0.0117. The molecule has 1 fully saturated rings. The first kappa shape index (κ1) is 18.9. The number of halogens is 1. The molecule has 4 rings (SSSR count). The van der Waals surface area contributed by atoms with Crippen LogP contribution >= 0.6 is 11.6 Å². The summed E-state index contributed by atoms with van der Waals surface area (Å²) >= 11 is 6.13. The Kier molecular flexibility index (Phi) is 5.59. The van der Waals surface area contributed by atoms with E-state index in [-0.39, 0.29) is 5.91 Å². The van der Waals surface area contributed by atoms with Gasteiger partial charge in [0.1, 0.15) is 19.0 Å². The van der Waals surface area contributed by atoms with Crippen molar-refractivity contribution in [2.24, 2.45) is 0 Å². The molecule has 0 N–H and O–H groups in total. The molecule has 0 atom stereocenters. The Morgan fingerprint density at radius 1 is 1.11 bits per heavy atom. The molecule has 1 amide bonds. The molecule has 0 aliphatic carbocycles. The molecule has 6 nitrogen and oxygen atoms in total. The van der Waals surface area contributed by atoms with Crippen LogP contribution in [0.3, 0.4) is 0 Å². The van der Waals surface area contributed by atoms with E-state index >= 15 is 0 Å². The number of hydrogen-bond donors (Lipinski definition) is 0. The van der Waals surface area contributed by atoms with Crippen molar-refractivity contribution >= 4 is 17.5 Å². The van der Waals surface area contributed by atoms with E-state index < -0.39 is 0 Å². The molecular formula is C21H23ClN2O4. The van der Waals surface area contributed by atoms with E-state index in [0.29, 0.717) is 48.4 Å². The van der Waals surface area contributed by atoms with Gasteiger partial charge in [-0.05, 0) is 30.3 Å². The van der Waals surface area contributed by atoms with Gasteiger partial charge in [-0.1, -0.05) is 17.7 Å². The molecule has 148 valence electrons. The maximum Gasteiger partial charge on any atom is 0.257 e. The number of nitrogens with zero attached hydrogens (tertiary/aromatic N) is 2. The number of amides is 1. The van der Waals surface area contributed by atoms with Gasteiger partial charge in [0.2, 0.25) is 0 Å². The van der Waals surface area contributed by atoms with E-state index in [0.717, 1.165) is 30.9 Å². The van der Waals surface area contributed by atoms with Crippen LogP contribution < -0.4 is 14.2 Å². The number of carbonyl (C=O) groups is 1. The number of methoxy groups -OCH3 is 1. The van der Waals surface area contributed by atoms with Crippen LogP contribution in [0.4, 0.5) is 0 Å². The molecule has 2 aromatic rings. The Morgan fingerprint density at radius 3 is 2.68 bits per heavy atom. The van der Waals surface area contributed by atoms with Gasteiger partial charge in [0.15, 0.2) is 11.5 Å². The monoisotopic (exact) mass is 402 g/mol. The maximum atomic E-state index is 13.0. The summed E-state index contributed by atoms with van der Waals surface area (Å²) in [5.74, 6) is 2.02. The highest BCUT2D eigenvalue weighted by atomic mass is 35.5. The van der Waals surface area contributed by atoms with E-state index in [1.807, 2.05) is 35.2 Å². The highest BCUT2D eigenvalue weighted by Crippen LogP contribution is 2.34. The van der Waals surface area contributed by atoms with Crippen LogP contribution in [0.5, 0.6) is 17.2 Å². The van der Waals surface area contributed by atoms with Crippen molar-refractivity contribution in [3.63, 3.8) is 0 Å². The summed E-state index contributed by atoms with van der Waals surface area (Å²) in [6, 6.07) is 11.1. The molecule has 0 radical (unpaired) electrons. The molecular weight excluding hydrogens is 380 g/mol. The topological polar surface area (TPSA) is 51.2 Å². The van der Waals surface area contributed by atoms with Crippen LogP contribution in [0, 0.1) is 0 Å². The quantitative estimate of drug-likeness (QED) is 0.786. The summed E-state index contributed by atoms with van der Waals surface area (Å²) in [4.78, 5) is 17.2. The summed E-state index contributed by atoms with van der Waals surface area (Å²) in [6.45, 7) is 4.60. The number of piperazine rings is 1. The summed E-state index contributed by atoms with van der Waals surface area (Å²) in [6.07, 6.45) is 0. The van der Waals surface area contributed by atoms with Crippen LogP contribution in [0.15, 0.2) is 36.4 Å². The average molecular weight is 403 g/mol. The molecule has 7 heteroatoms. The van der Waals surface area contributed by atoms with Crippen molar-refractivity contribution in [1.29, 1.82) is 0 Å². The molecule has 0 unspecified atom stereocenters. The average Bonchev–Trinajstić information content (AvgIpc) is 2.73. The third-order valence-electron chi connectivity index (χ3n) is 5.09. The van der Waals surface area contributed by atoms with Crippen molar-refractivity contribution in [2.75, 3.05) is 46.5 Å². The maximum absolute atomic E-state index is 13.0. The fourth-order valence-electron chi connectivity index (χ4n) is 3.63. The number of carbonyl (C=O) groups excluding carboxylic acids is 1. The fraction of sp³-hybridized carbons (Fsp3) is 0.381. The van der Waals surface area contributed by atoms with Crippen LogP contribution in [0.2, 0.25) is 5.02 Å². The lowest BCUT2D eigenvalue weighted by atomic mass is 10.1. The predicted molar refractivity (Wildman–Crippen MR) is 107 cm³/mol. The number of rotatable bonds is 4. The Hall–Kier alpha value is -2.44. The smallest absolute Gasteiger partial charge is 0.257 e. The Labute approximate surface area is 169 Å². The van der Waals surface area contributed by atoms with Gasteiger partial charge in [0, 0.05) is 43.3 Å². The summed E-state index contributed by atoms with van der Waals surface area (Å²) in [7, 11) is 1.66. The largest absolute Gasteiger partial charge is 0.496 e. The zero-order chi connectivity index (χ0) is 19.5. The van der Waals surface area contributed by atoms with Gasteiger partial charge < -0.3 is 19.1 Å². The normalized spacial score (nSPS) is 16.7. The van der Waals surface area contributed by atoms with Crippen molar-refractivity contribution in [3.05, 3.63) is 52.5 Å². The highest BCUT2D eigenvalue weighted by molar-refractivity contribution is 6.30. The SMILES string of the molecule is COc1ccc(Cl)cc1CN1CCN(C(=O)c2cccc3c2OCCO3)CC1. The van der Waals surface area contributed by atoms with Crippen LogP contribution in [0.25, 0.3) is 0 Å². The minimum atomic E-state index is -0.0117. The Morgan fingerprint density at radius 2 is 1.89 bits per heavy atom. The lowest BCUT2D eigenvalue weighted by molar-refractivity contribution is 0.0618. The first-order valence-corrected chi connectivity index (χ1v) is 9.76. The summed E-state index contributed by atoms with van der Waals surface area (Å²) < 4.78 is 16.7. The van der Waals surface area contributed by atoms with Gasteiger partial charge in [0.05, 0.1) is 12.7 Å². The van der Waals surface area contributed by atoms with E-state index in [1.54, 1.807) is 13.2 Å². The second kappa shape index (κ2) is 8.29. The van der Waals surface area contributed by atoms with Crippen molar-refractivity contribution in [1.82, 2.24) is 9.80 Å². The second-order valence-electron chi connectivity index (χ2n) is 6.85. The number of fused-ring (bicyclic) bond motifs is 1. The fourth-order valence-corrected chi connectivity index (χ4v) is 3.83. The molecule has 0 bridgehead atoms. The van der Waals surface area contributed by atoms with Gasteiger partial charge in [0.25, 0.3) is 5.91 Å². The predicted octanol–water partition coefficient (Wildman–Crippen LogP) is 3.08. The molecule has 28 heavy (non-hydrogen) atoms. The molecule has 0 saturated carbocycles. The van der Waals surface area contributed by atoms with Crippen LogP contribution in [0.1, 0.15) is 15.9 Å². The molecule has 2 aromatic carbocycles. The first-order valence-electron chi connectivity index (χ1n) is 9.38. The van der Waals surface area contributed by atoms with Gasteiger partial charge in [-0.2, -0.15) is 0 Å². The number of ether oxygens (including phenoxy) is 3. The first-order chi connectivity index (χ1) is 13.7. The molecule has 0 spiro atoms. The van der Waals surface area contributed by atoms with Gasteiger partial charge in [-0.25, -0.2) is 0 Å². The van der Waals surface area contributed by atoms with Crippen molar-refractivity contribution in [2.45, 2.75) is 6.54 Å². The van der Waals surface area contributed by atoms with Crippen molar-refractivity contribution in [3.8, 4) is 17.2 Å². The van der Waals surface area contributed by atoms with E-state index in [9.17, 15) is 4.79 Å². The van der Waals surface area contributed by atoms with E-state index in [2.05, 4.69) is 4.90 Å². The number of benzene rings is 2. The second-order valence-corrected chi connectivity index (χ2v) is 7.29. The summed E-state index contributed by atoms with van der Waals surface area (Å²) in [5.41, 5.74) is 1.62. The molecule has 1 saturated heterocycles. The van der Waals surface area contributed by atoms with Gasteiger partial charge >= 0.3 is 0 Å². The molecule has 2 aliphatic heterocycles. The van der Waals surface area contributed by atoms with Gasteiger partial charge in [-0.15, -0.1) is 0 Å². The lowest BCUT2D eigenvalue weighted by Crippen LogP contribution is -2.48.